The van der Waals surface area contributed by atoms with E-state index >= 15 is 0 Å². The molecule has 2 N–H and O–H groups in total. The predicted octanol–water partition coefficient (Wildman–Crippen LogP) is 1.49. The van der Waals surface area contributed by atoms with E-state index in [1.165, 1.54) is 11.9 Å². The summed E-state index contributed by atoms with van der Waals surface area (Å²) in [6.07, 6.45) is 1.62. The van der Waals surface area contributed by atoms with Gasteiger partial charge in [-0.05, 0) is 43.1 Å². The van der Waals surface area contributed by atoms with E-state index in [4.69, 9.17) is 5.11 Å². The fraction of sp³-hybridized carbons (Fsp3) is 0.300. The van der Waals surface area contributed by atoms with Gasteiger partial charge in [0.15, 0.2) is 0 Å². The first-order valence-corrected chi connectivity index (χ1v) is 6.97. The summed E-state index contributed by atoms with van der Waals surface area (Å²) in [4.78, 5) is 12.2. The second-order valence-electron chi connectivity index (χ2n) is 3.21. The van der Waals surface area contributed by atoms with Crippen LogP contribution in [0.2, 0.25) is 0 Å². The number of benzene rings is 1. The molecule has 1 aromatic rings. The van der Waals surface area contributed by atoms with E-state index in [9.17, 15) is 9.00 Å². The molecule has 2 unspecified atom stereocenters. The summed E-state index contributed by atoms with van der Waals surface area (Å²) >= 11 is 1.25. The topological polar surface area (TPSA) is 66.4 Å². The highest BCUT2D eigenvalue weighted by atomic mass is 32.2. The molecule has 0 aliphatic rings. The zero-order chi connectivity index (χ0) is 12.1. The largest absolute Gasteiger partial charge is 0.480 e. The fourth-order valence-corrected chi connectivity index (χ4v) is 2.11. The molecule has 0 radical (unpaired) electrons. The van der Waals surface area contributed by atoms with Gasteiger partial charge in [0, 0.05) is 26.8 Å². The van der Waals surface area contributed by atoms with Gasteiger partial charge >= 0.3 is 5.97 Å². The van der Waals surface area contributed by atoms with Crippen molar-refractivity contribution >= 4 is 28.7 Å². The summed E-state index contributed by atoms with van der Waals surface area (Å²) in [5.74, 6) is -0.890. The number of carboxylic acid groups (broad SMARTS) is 1. The van der Waals surface area contributed by atoms with Crippen molar-refractivity contribution in [2.75, 3.05) is 6.26 Å². The average molecular weight is 259 g/mol. The van der Waals surface area contributed by atoms with Gasteiger partial charge in [0.2, 0.25) is 0 Å². The lowest BCUT2D eigenvalue weighted by molar-refractivity contribution is -0.138. The average Bonchev–Trinajstić information content (AvgIpc) is 2.26. The Hall–Kier alpha value is -0.850. The van der Waals surface area contributed by atoms with E-state index in [0.29, 0.717) is 0 Å². The summed E-state index contributed by atoms with van der Waals surface area (Å²) in [6.45, 7) is 1.57. The van der Waals surface area contributed by atoms with Gasteiger partial charge in [0.05, 0.1) is 0 Å². The van der Waals surface area contributed by atoms with Crippen molar-refractivity contribution in [1.29, 1.82) is 0 Å². The van der Waals surface area contributed by atoms with Crippen molar-refractivity contribution in [1.82, 2.24) is 4.72 Å². The highest BCUT2D eigenvalue weighted by Gasteiger charge is 2.09. The lowest BCUT2D eigenvalue weighted by Crippen LogP contribution is -2.28. The number of carbonyl (C=O) groups is 1. The fourth-order valence-electron chi connectivity index (χ4n) is 0.906. The number of aliphatic carboxylic acids is 1. The molecular weight excluding hydrogens is 246 g/mol. The minimum atomic E-state index is -0.981. The zero-order valence-corrected chi connectivity index (χ0v) is 10.6. The minimum Gasteiger partial charge on any atom is -0.480 e. The first-order valence-electron chi connectivity index (χ1n) is 4.59. The second-order valence-corrected chi connectivity index (χ2v) is 5.50. The Labute approximate surface area is 101 Å². The van der Waals surface area contributed by atoms with Crippen LogP contribution in [0.5, 0.6) is 0 Å². The van der Waals surface area contributed by atoms with Crippen molar-refractivity contribution < 1.29 is 14.1 Å². The van der Waals surface area contributed by atoms with Gasteiger partial charge in [-0.25, -0.2) is 4.72 Å². The van der Waals surface area contributed by atoms with Crippen molar-refractivity contribution in [3.63, 3.8) is 0 Å². The van der Waals surface area contributed by atoms with Crippen LogP contribution < -0.4 is 4.72 Å². The first-order chi connectivity index (χ1) is 7.50. The van der Waals surface area contributed by atoms with E-state index in [1.807, 2.05) is 12.1 Å². The summed E-state index contributed by atoms with van der Waals surface area (Å²) in [5.41, 5.74) is 0. The Bertz CT molecular complexity index is 392. The lowest BCUT2D eigenvalue weighted by Gasteiger charge is -2.08. The quantitative estimate of drug-likeness (QED) is 0.784. The van der Waals surface area contributed by atoms with Gasteiger partial charge in [0.25, 0.3) is 0 Å². The number of carboxylic acids is 1. The van der Waals surface area contributed by atoms with Gasteiger partial charge in [-0.15, -0.1) is 0 Å². The van der Waals surface area contributed by atoms with Gasteiger partial charge in [-0.2, -0.15) is 0 Å². The SMILES string of the molecule is CC(NSc1ccc(S(C)=O)cc1)C(=O)O. The zero-order valence-electron chi connectivity index (χ0n) is 8.97. The molecule has 4 nitrogen and oxygen atoms in total. The van der Waals surface area contributed by atoms with Crippen LogP contribution in [0.25, 0.3) is 0 Å². The van der Waals surface area contributed by atoms with Crippen LogP contribution in [0.3, 0.4) is 0 Å². The Kier molecular flexibility index (Phi) is 4.98. The third kappa shape index (κ3) is 3.96. The first kappa shape index (κ1) is 13.2. The van der Waals surface area contributed by atoms with E-state index in [1.54, 1.807) is 25.3 Å². The monoisotopic (exact) mass is 259 g/mol. The van der Waals surface area contributed by atoms with Crippen LogP contribution in [-0.2, 0) is 15.6 Å². The maximum Gasteiger partial charge on any atom is 0.321 e. The van der Waals surface area contributed by atoms with Gasteiger partial charge in [-0.1, -0.05) is 0 Å². The molecule has 0 saturated heterocycles. The molecule has 0 aliphatic carbocycles. The third-order valence-corrected chi connectivity index (χ3v) is 3.79. The third-order valence-electron chi connectivity index (χ3n) is 1.88. The lowest BCUT2D eigenvalue weighted by atomic mass is 10.4. The molecule has 88 valence electrons. The highest BCUT2D eigenvalue weighted by molar-refractivity contribution is 7.97. The van der Waals surface area contributed by atoms with E-state index in [2.05, 4.69) is 4.72 Å². The van der Waals surface area contributed by atoms with Crippen molar-refractivity contribution in [3.8, 4) is 0 Å². The molecule has 0 saturated carbocycles. The molecule has 0 spiro atoms. The van der Waals surface area contributed by atoms with Crippen LogP contribution in [0.15, 0.2) is 34.1 Å². The smallest absolute Gasteiger partial charge is 0.321 e. The Morgan fingerprint density at radius 2 is 2.00 bits per heavy atom. The maximum absolute atomic E-state index is 11.1. The number of nitrogens with one attached hydrogen (secondary N) is 1. The van der Waals surface area contributed by atoms with E-state index in [-0.39, 0.29) is 0 Å². The van der Waals surface area contributed by atoms with Crippen LogP contribution in [0.4, 0.5) is 0 Å². The van der Waals surface area contributed by atoms with E-state index < -0.39 is 22.8 Å². The van der Waals surface area contributed by atoms with Crippen LogP contribution in [0, 0.1) is 0 Å². The molecule has 16 heavy (non-hydrogen) atoms. The molecule has 0 heterocycles. The standard InChI is InChI=1S/C10H13NO3S2/c1-7(10(12)13)11-15-8-3-5-9(6-4-8)16(2)14/h3-7,11H,1-2H3,(H,12,13). The maximum atomic E-state index is 11.1. The normalized spacial score (nSPS) is 14.4. The number of rotatable bonds is 5. The number of hydrogen-bond donors (Lipinski definition) is 2. The molecule has 0 fully saturated rings. The van der Waals surface area contributed by atoms with Crippen LogP contribution in [0.1, 0.15) is 6.92 Å². The molecule has 0 bridgehead atoms. The molecule has 1 rings (SSSR count). The Balaban J connectivity index is 2.56. The van der Waals surface area contributed by atoms with Crippen molar-refractivity contribution in [2.24, 2.45) is 0 Å². The molecule has 0 aromatic heterocycles. The van der Waals surface area contributed by atoms with Crippen LogP contribution in [-0.4, -0.2) is 27.6 Å². The molecule has 2 atom stereocenters. The summed E-state index contributed by atoms with van der Waals surface area (Å²) in [6, 6.07) is 6.55. The molecule has 1 aromatic carbocycles. The van der Waals surface area contributed by atoms with Crippen molar-refractivity contribution in [3.05, 3.63) is 24.3 Å². The molecular formula is C10H13NO3S2. The highest BCUT2D eigenvalue weighted by Crippen LogP contribution is 2.17. The van der Waals surface area contributed by atoms with E-state index in [0.717, 1.165) is 9.79 Å². The van der Waals surface area contributed by atoms with Crippen LogP contribution >= 0.6 is 11.9 Å². The minimum absolute atomic E-state index is 0.606. The molecule has 0 aliphatic heterocycles. The van der Waals surface area contributed by atoms with Gasteiger partial charge < -0.3 is 5.11 Å². The Morgan fingerprint density at radius 3 is 2.44 bits per heavy atom. The van der Waals surface area contributed by atoms with Crippen molar-refractivity contribution in [2.45, 2.75) is 22.8 Å². The van der Waals surface area contributed by atoms with Gasteiger partial charge in [-0.3, -0.25) is 9.00 Å². The summed E-state index contributed by atoms with van der Waals surface area (Å²) in [5, 5.41) is 8.66. The molecule has 0 amide bonds. The number of hydrogen-bond acceptors (Lipinski definition) is 4. The van der Waals surface area contributed by atoms with Gasteiger partial charge in [0.1, 0.15) is 6.04 Å². The summed E-state index contributed by atoms with van der Waals surface area (Å²) in [7, 11) is -0.981. The summed E-state index contributed by atoms with van der Waals surface area (Å²) < 4.78 is 13.9. The Morgan fingerprint density at radius 1 is 1.44 bits per heavy atom. The second kappa shape index (κ2) is 6.03. The predicted molar refractivity (Wildman–Crippen MR) is 64.9 cm³/mol. The molecule has 6 heteroatoms.